The van der Waals surface area contributed by atoms with Crippen LogP contribution >= 0.6 is 0 Å². The number of aromatic nitrogens is 1. The Kier molecular flexibility index (Phi) is 5.99. The molecule has 3 amide bonds. The third-order valence-corrected chi connectivity index (χ3v) is 8.03. The Labute approximate surface area is 207 Å². The van der Waals surface area contributed by atoms with Gasteiger partial charge in [0.05, 0.1) is 12.6 Å². The first-order valence-electron chi connectivity index (χ1n) is 11.6. The number of rotatable bonds is 3. The van der Waals surface area contributed by atoms with Crippen LogP contribution in [0.25, 0.3) is 0 Å². The summed E-state index contributed by atoms with van der Waals surface area (Å²) in [5, 5.41) is 5.31. The number of carbonyl (C=O) groups is 3. The van der Waals surface area contributed by atoms with Crippen molar-refractivity contribution in [2.24, 2.45) is 7.05 Å². The van der Waals surface area contributed by atoms with Crippen molar-refractivity contribution in [2.75, 3.05) is 18.4 Å². The molecule has 13 heteroatoms. The van der Waals surface area contributed by atoms with Crippen LogP contribution in [0.2, 0.25) is 0 Å². The van der Waals surface area contributed by atoms with Crippen LogP contribution in [0.5, 0.6) is 5.75 Å². The number of nitrogens with zero attached hydrogens (tertiary/aromatic N) is 2. The summed E-state index contributed by atoms with van der Waals surface area (Å²) in [5.74, 6) is -2.61. The van der Waals surface area contributed by atoms with Gasteiger partial charge in [-0.05, 0) is 49.9 Å². The summed E-state index contributed by atoms with van der Waals surface area (Å²) in [6.45, 7) is 1.71. The summed E-state index contributed by atoms with van der Waals surface area (Å²) in [6, 6.07) is 3.45. The first-order chi connectivity index (χ1) is 17.0. The SMILES string of the molecule is Cc1cc(NC(=O)c2c3c(cn2C)S(=O)(=O)N[C@@H]2CCN(C(=O)C(=O)NC4CC4)C[C@H]2O3)ccc1F. The van der Waals surface area contributed by atoms with Gasteiger partial charge in [-0.15, -0.1) is 0 Å². The average Bonchev–Trinajstić information content (AvgIpc) is 3.58. The number of carbonyl (C=O) groups excluding carboxylic acids is 3. The third-order valence-electron chi connectivity index (χ3n) is 6.55. The van der Waals surface area contributed by atoms with Gasteiger partial charge < -0.3 is 24.8 Å². The van der Waals surface area contributed by atoms with E-state index in [1.54, 1.807) is 6.92 Å². The van der Waals surface area contributed by atoms with E-state index in [1.165, 1.54) is 40.9 Å². The minimum atomic E-state index is -4.04. The second-order valence-electron chi connectivity index (χ2n) is 9.37. The molecular formula is C23H26FN5O6S. The van der Waals surface area contributed by atoms with Crippen LogP contribution in [0, 0.1) is 12.7 Å². The quantitative estimate of drug-likeness (QED) is 0.509. The number of anilines is 1. The van der Waals surface area contributed by atoms with E-state index in [1.807, 2.05) is 0 Å². The predicted octanol–water partition coefficient (Wildman–Crippen LogP) is 0.644. The van der Waals surface area contributed by atoms with Crippen molar-refractivity contribution < 1.29 is 31.9 Å². The summed E-state index contributed by atoms with van der Waals surface area (Å²) in [4.78, 5) is 39.2. The zero-order valence-electron chi connectivity index (χ0n) is 19.7. The molecule has 5 rings (SSSR count). The monoisotopic (exact) mass is 519 g/mol. The van der Waals surface area contributed by atoms with Gasteiger partial charge in [0.15, 0.2) is 11.4 Å². The van der Waals surface area contributed by atoms with E-state index in [0.717, 1.165) is 12.8 Å². The summed E-state index contributed by atoms with van der Waals surface area (Å²) in [5.41, 5.74) is 0.618. The van der Waals surface area contributed by atoms with Crippen LogP contribution in [-0.2, 0) is 26.7 Å². The van der Waals surface area contributed by atoms with Gasteiger partial charge in [-0.25, -0.2) is 17.5 Å². The molecule has 0 radical (unpaired) electrons. The number of fused-ring (bicyclic) bond motifs is 2. The molecule has 0 unspecified atom stereocenters. The summed E-state index contributed by atoms with van der Waals surface area (Å²) in [7, 11) is -2.53. The lowest BCUT2D eigenvalue weighted by atomic mass is 10.0. The molecule has 1 aromatic heterocycles. The Balaban J connectivity index is 1.42. The zero-order chi connectivity index (χ0) is 25.8. The van der Waals surface area contributed by atoms with E-state index < -0.39 is 45.7 Å². The number of ether oxygens (including phenoxy) is 1. The number of hydrogen-bond acceptors (Lipinski definition) is 6. The number of hydrogen-bond donors (Lipinski definition) is 3. The van der Waals surface area contributed by atoms with Gasteiger partial charge in [0.2, 0.25) is 10.0 Å². The number of nitrogens with one attached hydrogen (secondary N) is 3. The highest BCUT2D eigenvalue weighted by atomic mass is 32.2. The smallest absolute Gasteiger partial charge is 0.312 e. The van der Waals surface area contributed by atoms with Gasteiger partial charge in [0.1, 0.15) is 16.8 Å². The first kappa shape index (κ1) is 24.3. The van der Waals surface area contributed by atoms with Crippen molar-refractivity contribution in [1.82, 2.24) is 19.5 Å². The van der Waals surface area contributed by atoms with Crippen molar-refractivity contribution in [1.29, 1.82) is 0 Å². The average molecular weight is 520 g/mol. The fourth-order valence-electron chi connectivity index (χ4n) is 4.45. The van der Waals surface area contributed by atoms with Gasteiger partial charge in [-0.2, -0.15) is 0 Å². The molecule has 11 nitrogen and oxygen atoms in total. The van der Waals surface area contributed by atoms with E-state index in [0.29, 0.717) is 11.3 Å². The maximum absolute atomic E-state index is 13.6. The Hall–Kier alpha value is -3.45. The lowest BCUT2D eigenvalue weighted by Gasteiger charge is -2.36. The fourth-order valence-corrected chi connectivity index (χ4v) is 5.93. The molecule has 1 saturated carbocycles. The summed E-state index contributed by atoms with van der Waals surface area (Å²) < 4.78 is 49.9. The maximum atomic E-state index is 13.6. The normalized spacial score (nSPS) is 22.5. The minimum Gasteiger partial charge on any atom is -0.483 e. The van der Waals surface area contributed by atoms with E-state index in [9.17, 15) is 27.2 Å². The molecule has 3 heterocycles. The molecule has 0 spiro atoms. The predicted molar refractivity (Wildman–Crippen MR) is 125 cm³/mol. The van der Waals surface area contributed by atoms with E-state index in [-0.39, 0.29) is 41.9 Å². The third kappa shape index (κ3) is 4.55. The second kappa shape index (κ2) is 8.89. The molecule has 192 valence electrons. The summed E-state index contributed by atoms with van der Waals surface area (Å²) in [6.07, 6.45) is 2.38. The van der Waals surface area contributed by atoms with Gasteiger partial charge in [0.25, 0.3) is 5.91 Å². The van der Waals surface area contributed by atoms with Gasteiger partial charge in [-0.3, -0.25) is 14.4 Å². The highest BCUT2D eigenvalue weighted by Gasteiger charge is 2.43. The number of amides is 3. The molecule has 1 saturated heterocycles. The fraction of sp³-hybridized carbons (Fsp3) is 0.435. The standard InChI is InChI=1S/C23H26FN5O6S/c1-12-9-14(5-6-15(12)24)26-21(30)19-20-18(11-28(19)2)36(33,34)27-16-7-8-29(10-17(16)35-20)23(32)22(31)25-13-3-4-13/h5-6,9,11,13,16-17,27H,3-4,7-8,10H2,1-2H3,(H,25,31)(H,26,30)/t16-,17-/m1/s1. The van der Waals surface area contributed by atoms with E-state index in [4.69, 9.17) is 4.74 Å². The van der Waals surface area contributed by atoms with E-state index in [2.05, 4.69) is 15.4 Å². The molecule has 2 aliphatic heterocycles. The van der Waals surface area contributed by atoms with Gasteiger partial charge >= 0.3 is 11.8 Å². The topological polar surface area (TPSA) is 139 Å². The Morgan fingerprint density at radius 2 is 1.94 bits per heavy atom. The van der Waals surface area contributed by atoms with Crippen LogP contribution in [0.15, 0.2) is 29.3 Å². The maximum Gasteiger partial charge on any atom is 0.312 e. The first-order valence-corrected chi connectivity index (χ1v) is 13.1. The van der Waals surface area contributed by atoms with Crippen LogP contribution in [0.3, 0.4) is 0 Å². The van der Waals surface area contributed by atoms with Crippen molar-refractivity contribution in [3.63, 3.8) is 0 Å². The van der Waals surface area contributed by atoms with Crippen molar-refractivity contribution in [2.45, 2.75) is 49.3 Å². The van der Waals surface area contributed by atoms with Gasteiger partial charge in [0, 0.05) is 31.5 Å². The molecule has 2 fully saturated rings. The van der Waals surface area contributed by atoms with E-state index >= 15 is 0 Å². The van der Waals surface area contributed by atoms with Crippen LogP contribution in [0.1, 0.15) is 35.3 Å². The van der Waals surface area contributed by atoms with Crippen molar-refractivity contribution >= 4 is 33.4 Å². The van der Waals surface area contributed by atoms with Crippen LogP contribution in [-0.4, -0.2) is 66.9 Å². The molecule has 2 atom stereocenters. The molecule has 2 aromatic rings. The number of sulfonamides is 1. The number of benzene rings is 1. The Bertz CT molecular complexity index is 1370. The molecule has 1 aromatic carbocycles. The van der Waals surface area contributed by atoms with Gasteiger partial charge in [-0.1, -0.05) is 0 Å². The molecule has 3 aliphatic rings. The molecule has 36 heavy (non-hydrogen) atoms. The Morgan fingerprint density at radius 3 is 2.64 bits per heavy atom. The van der Waals surface area contributed by atoms with Crippen molar-refractivity contribution in [3.05, 3.63) is 41.5 Å². The molecule has 0 bridgehead atoms. The highest BCUT2D eigenvalue weighted by Crippen LogP contribution is 2.36. The second-order valence-corrected chi connectivity index (χ2v) is 11.1. The number of likely N-dealkylation sites (tertiary alicyclic amines) is 1. The summed E-state index contributed by atoms with van der Waals surface area (Å²) >= 11 is 0. The lowest BCUT2D eigenvalue weighted by molar-refractivity contribution is -0.147. The van der Waals surface area contributed by atoms with Crippen LogP contribution in [0.4, 0.5) is 10.1 Å². The van der Waals surface area contributed by atoms with Crippen molar-refractivity contribution in [3.8, 4) is 5.75 Å². The molecule has 3 N–H and O–H groups in total. The Morgan fingerprint density at radius 1 is 1.19 bits per heavy atom. The highest BCUT2D eigenvalue weighted by molar-refractivity contribution is 7.89. The minimum absolute atomic E-state index is 0.0257. The largest absolute Gasteiger partial charge is 0.483 e. The number of piperidine rings is 1. The van der Waals surface area contributed by atoms with Crippen LogP contribution < -0.4 is 20.1 Å². The lowest BCUT2D eigenvalue weighted by Crippen LogP contribution is -2.58. The molecular weight excluding hydrogens is 493 g/mol. The molecule has 1 aliphatic carbocycles. The number of halogens is 1. The number of aryl methyl sites for hydroxylation is 2. The zero-order valence-corrected chi connectivity index (χ0v) is 20.5.